The molecule has 0 aliphatic carbocycles. The summed E-state index contributed by atoms with van der Waals surface area (Å²) in [5.41, 5.74) is 11.7. The van der Waals surface area contributed by atoms with Crippen LogP contribution in [0.25, 0.3) is 16.6 Å². The average Bonchev–Trinajstić information content (AvgIpc) is 3.10. The number of rotatable bonds is 7. The molecule has 168 valence electrons. The van der Waals surface area contributed by atoms with Crippen molar-refractivity contribution in [2.45, 2.75) is 38.5 Å². The van der Waals surface area contributed by atoms with Crippen LogP contribution in [0.15, 0.2) is 36.4 Å². The van der Waals surface area contributed by atoms with Crippen LogP contribution in [0.3, 0.4) is 0 Å². The van der Waals surface area contributed by atoms with Gasteiger partial charge in [-0.3, -0.25) is 4.79 Å². The van der Waals surface area contributed by atoms with Gasteiger partial charge in [0.25, 0.3) is 0 Å². The molecule has 7 heteroatoms. The predicted octanol–water partition coefficient (Wildman–Crippen LogP) is 4.31. The van der Waals surface area contributed by atoms with Crippen LogP contribution in [0.4, 0.5) is 10.1 Å². The summed E-state index contributed by atoms with van der Waals surface area (Å²) in [6.07, 6.45) is 4.65. The molecule has 0 unspecified atom stereocenters. The molecule has 3 aromatic rings. The van der Waals surface area contributed by atoms with Gasteiger partial charge in [0.05, 0.1) is 5.52 Å². The Morgan fingerprint density at radius 2 is 2.00 bits per heavy atom. The van der Waals surface area contributed by atoms with E-state index in [1.165, 1.54) is 36.5 Å². The third kappa shape index (κ3) is 4.39. The van der Waals surface area contributed by atoms with E-state index < -0.39 is 0 Å². The van der Waals surface area contributed by atoms with E-state index in [1.807, 2.05) is 12.1 Å². The van der Waals surface area contributed by atoms with Gasteiger partial charge in [0.1, 0.15) is 5.82 Å². The number of ether oxygens (including phenoxy) is 1. The number of aromatic nitrogens is 1. The Bertz CT molecular complexity index is 1130. The molecular formula is C25H29FN4O2. The second-order valence-corrected chi connectivity index (χ2v) is 8.29. The molecule has 1 amide bonds. The molecule has 0 radical (unpaired) electrons. The molecule has 4 N–H and O–H groups in total. The van der Waals surface area contributed by atoms with E-state index >= 15 is 0 Å². The zero-order chi connectivity index (χ0) is 22.7. The van der Waals surface area contributed by atoms with Crippen molar-refractivity contribution in [3.05, 3.63) is 59.0 Å². The van der Waals surface area contributed by atoms with E-state index in [-0.39, 0.29) is 11.7 Å². The van der Waals surface area contributed by atoms with E-state index in [4.69, 9.17) is 15.9 Å². The van der Waals surface area contributed by atoms with Gasteiger partial charge in [-0.1, -0.05) is 0 Å². The lowest BCUT2D eigenvalue weighted by molar-refractivity contribution is -0.118. The third-order valence-corrected chi connectivity index (χ3v) is 6.14. The first-order chi connectivity index (χ1) is 15.5. The molecular weight excluding hydrogens is 407 g/mol. The van der Waals surface area contributed by atoms with Crippen LogP contribution >= 0.6 is 0 Å². The number of benzene rings is 2. The number of nitrogens with zero attached hydrogens (tertiary/aromatic N) is 1. The van der Waals surface area contributed by atoms with E-state index in [0.29, 0.717) is 36.9 Å². The molecule has 0 atom stereocenters. The highest BCUT2D eigenvalue weighted by molar-refractivity contribution is 5.97. The fourth-order valence-corrected chi connectivity index (χ4v) is 4.64. The molecule has 4 rings (SSSR count). The lowest BCUT2D eigenvalue weighted by Crippen LogP contribution is -2.22. The molecule has 2 heterocycles. The minimum absolute atomic E-state index is 0.0386. The predicted molar refractivity (Wildman–Crippen MR) is 125 cm³/mol. The molecule has 1 aromatic heterocycles. The second kappa shape index (κ2) is 9.53. The van der Waals surface area contributed by atoms with Crippen LogP contribution in [0, 0.1) is 11.2 Å². The monoisotopic (exact) mass is 436 g/mol. The first-order valence-corrected chi connectivity index (χ1v) is 11.0. The third-order valence-electron chi connectivity index (χ3n) is 6.14. The number of amides is 1. The van der Waals surface area contributed by atoms with Crippen molar-refractivity contribution < 1.29 is 13.9 Å². The number of hydrogen-bond donors (Lipinski definition) is 3. The van der Waals surface area contributed by atoms with Gasteiger partial charge >= 0.3 is 0 Å². The highest BCUT2D eigenvalue weighted by Gasteiger charge is 2.27. The molecule has 1 saturated heterocycles. The number of nitrogens with one attached hydrogen (secondary N) is 2. The fraction of sp³-hybridized carbons (Fsp3) is 0.360. The Kier molecular flexibility index (Phi) is 6.55. The standard InChI is InChI=1S/C25H29FN4O2/c1-16(31)29-10-2-3-21-22-14-23(28)18(15-27)13-24(22)30(20-6-4-19(26)5-7-20)25(21)17-8-11-32-12-9-17/h4-7,13-15,17,27H,2-3,8-12,28H2,1H3,(H,29,31). The summed E-state index contributed by atoms with van der Waals surface area (Å²) in [5, 5.41) is 11.7. The minimum atomic E-state index is -0.280. The van der Waals surface area contributed by atoms with Gasteiger partial charge in [-0.25, -0.2) is 4.39 Å². The normalized spacial score (nSPS) is 14.6. The summed E-state index contributed by atoms with van der Waals surface area (Å²) in [6.45, 7) is 3.52. The topological polar surface area (TPSA) is 93.1 Å². The van der Waals surface area contributed by atoms with Gasteiger partial charge < -0.3 is 25.8 Å². The zero-order valence-electron chi connectivity index (χ0n) is 18.3. The quantitative estimate of drug-likeness (QED) is 0.293. The minimum Gasteiger partial charge on any atom is -0.398 e. The SMILES string of the molecule is CC(=O)NCCCc1c(C2CCOCC2)n(-c2ccc(F)cc2)c2cc(C=N)c(N)cc12. The van der Waals surface area contributed by atoms with Crippen molar-refractivity contribution in [2.75, 3.05) is 25.5 Å². The van der Waals surface area contributed by atoms with Gasteiger partial charge in [0, 0.05) is 66.8 Å². The Labute approximate surface area is 187 Å². The summed E-state index contributed by atoms with van der Waals surface area (Å²) in [6, 6.07) is 10.4. The summed E-state index contributed by atoms with van der Waals surface area (Å²) in [5.74, 6) is -0.0253. The van der Waals surface area contributed by atoms with Gasteiger partial charge in [0.2, 0.25) is 5.91 Å². The first kappa shape index (κ1) is 22.0. The smallest absolute Gasteiger partial charge is 0.216 e. The lowest BCUT2D eigenvalue weighted by Gasteiger charge is -2.26. The molecule has 0 bridgehead atoms. The molecule has 6 nitrogen and oxygen atoms in total. The van der Waals surface area contributed by atoms with Crippen LogP contribution in [-0.2, 0) is 16.0 Å². The maximum absolute atomic E-state index is 13.7. The van der Waals surface area contributed by atoms with Crippen molar-refractivity contribution in [1.82, 2.24) is 9.88 Å². The van der Waals surface area contributed by atoms with Gasteiger partial charge in [-0.2, -0.15) is 0 Å². The molecule has 1 aliphatic heterocycles. The molecule has 1 fully saturated rings. The van der Waals surface area contributed by atoms with Crippen LogP contribution in [0.5, 0.6) is 0 Å². The Morgan fingerprint density at radius 1 is 1.28 bits per heavy atom. The van der Waals surface area contributed by atoms with Crippen molar-refractivity contribution in [3.8, 4) is 5.69 Å². The van der Waals surface area contributed by atoms with E-state index in [1.54, 1.807) is 12.1 Å². The van der Waals surface area contributed by atoms with Crippen LogP contribution in [0.1, 0.15) is 48.9 Å². The molecule has 1 aliphatic rings. The Hall–Kier alpha value is -3.19. The number of hydrogen-bond acceptors (Lipinski definition) is 4. The van der Waals surface area contributed by atoms with Gasteiger partial charge in [-0.05, 0) is 67.6 Å². The van der Waals surface area contributed by atoms with Gasteiger partial charge in [-0.15, -0.1) is 0 Å². The molecule has 2 aromatic carbocycles. The van der Waals surface area contributed by atoms with Crippen molar-refractivity contribution in [1.29, 1.82) is 5.41 Å². The maximum Gasteiger partial charge on any atom is 0.216 e. The number of halogens is 1. The number of nitrogens with two attached hydrogens (primary N) is 1. The van der Waals surface area contributed by atoms with E-state index in [2.05, 4.69) is 9.88 Å². The highest BCUT2D eigenvalue weighted by Crippen LogP contribution is 2.40. The molecule has 0 spiro atoms. The summed E-state index contributed by atoms with van der Waals surface area (Å²) < 4.78 is 21.5. The molecule has 32 heavy (non-hydrogen) atoms. The fourth-order valence-electron chi connectivity index (χ4n) is 4.64. The van der Waals surface area contributed by atoms with Crippen molar-refractivity contribution in [2.24, 2.45) is 0 Å². The van der Waals surface area contributed by atoms with E-state index in [9.17, 15) is 9.18 Å². The highest BCUT2D eigenvalue weighted by atomic mass is 19.1. The number of carbonyl (C=O) groups is 1. The largest absolute Gasteiger partial charge is 0.398 e. The van der Waals surface area contributed by atoms with Crippen LogP contribution in [-0.4, -0.2) is 36.4 Å². The molecule has 0 saturated carbocycles. The zero-order valence-corrected chi connectivity index (χ0v) is 18.3. The maximum atomic E-state index is 13.7. The van der Waals surface area contributed by atoms with E-state index in [0.717, 1.165) is 42.3 Å². The Morgan fingerprint density at radius 3 is 2.66 bits per heavy atom. The van der Waals surface area contributed by atoms with Crippen LogP contribution in [0.2, 0.25) is 0 Å². The van der Waals surface area contributed by atoms with Gasteiger partial charge in [0.15, 0.2) is 0 Å². The average molecular weight is 437 g/mol. The van der Waals surface area contributed by atoms with Crippen molar-refractivity contribution in [3.63, 3.8) is 0 Å². The van der Waals surface area contributed by atoms with Crippen molar-refractivity contribution >= 4 is 28.7 Å². The number of anilines is 1. The number of fused-ring (bicyclic) bond motifs is 1. The number of aryl methyl sites for hydroxylation is 1. The summed E-state index contributed by atoms with van der Waals surface area (Å²) in [7, 11) is 0. The van der Waals surface area contributed by atoms with Crippen LogP contribution < -0.4 is 11.1 Å². The number of nitrogen functional groups attached to an aromatic ring is 1. The second-order valence-electron chi connectivity index (χ2n) is 8.29. The summed E-state index contributed by atoms with van der Waals surface area (Å²) >= 11 is 0. The Balaban J connectivity index is 1.93. The number of carbonyl (C=O) groups excluding carboxylic acids is 1. The summed E-state index contributed by atoms with van der Waals surface area (Å²) in [4.78, 5) is 11.3. The lowest BCUT2D eigenvalue weighted by atomic mass is 9.91. The first-order valence-electron chi connectivity index (χ1n) is 11.0.